The summed E-state index contributed by atoms with van der Waals surface area (Å²) < 4.78 is 0. The molecule has 1 saturated heterocycles. The van der Waals surface area contributed by atoms with Crippen molar-refractivity contribution in [3.63, 3.8) is 0 Å². The molecule has 6 nitrogen and oxygen atoms in total. The van der Waals surface area contributed by atoms with Crippen molar-refractivity contribution in [2.45, 2.75) is 39.2 Å². The van der Waals surface area contributed by atoms with Gasteiger partial charge in [0.25, 0.3) is 5.91 Å². The molecule has 1 amide bonds. The Morgan fingerprint density at radius 2 is 2.10 bits per heavy atom. The van der Waals surface area contributed by atoms with Crippen molar-refractivity contribution < 1.29 is 4.79 Å². The van der Waals surface area contributed by atoms with Gasteiger partial charge >= 0.3 is 0 Å². The summed E-state index contributed by atoms with van der Waals surface area (Å²) in [6.45, 7) is 8.26. The fourth-order valence-corrected chi connectivity index (χ4v) is 3.12. The molecule has 1 aliphatic heterocycles. The first kappa shape index (κ1) is 15.2. The Hall–Kier alpha value is -1.21. The summed E-state index contributed by atoms with van der Waals surface area (Å²) in [5.41, 5.74) is 0. The average molecular weight is 297 g/mol. The molecule has 1 aromatic heterocycles. The first-order chi connectivity index (χ1) is 9.72. The Labute approximate surface area is 124 Å². The summed E-state index contributed by atoms with van der Waals surface area (Å²) >= 11 is 1.31. The van der Waals surface area contributed by atoms with E-state index in [0.29, 0.717) is 10.1 Å². The Balaban J connectivity index is 1.79. The molecular weight excluding hydrogens is 274 g/mol. The van der Waals surface area contributed by atoms with Crippen molar-refractivity contribution in [3.05, 3.63) is 5.01 Å². The molecule has 0 aromatic carbocycles. The molecule has 1 fully saturated rings. The number of carbonyl (C=O) groups excluding carboxylic acids is 1. The molecule has 1 aromatic rings. The standard InChI is InChI=1S/C13H23N5OS/c1-3-7-18-8-5-10(6-9-18)15-11(19)12-16-17-13(20-12)14-4-2/h10H,3-9H2,1-2H3,(H,14,17)(H,15,19). The van der Waals surface area contributed by atoms with Gasteiger partial charge in [-0.2, -0.15) is 0 Å². The number of nitrogens with zero attached hydrogens (tertiary/aromatic N) is 3. The number of aromatic nitrogens is 2. The number of rotatable bonds is 6. The van der Waals surface area contributed by atoms with E-state index in [1.54, 1.807) is 0 Å². The number of hydrogen-bond donors (Lipinski definition) is 2. The molecule has 0 saturated carbocycles. The van der Waals surface area contributed by atoms with Crippen LogP contribution in [0.1, 0.15) is 42.9 Å². The number of piperidine rings is 1. The summed E-state index contributed by atoms with van der Waals surface area (Å²) in [6, 6.07) is 0.266. The fraction of sp³-hybridized carbons (Fsp3) is 0.769. The summed E-state index contributed by atoms with van der Waals surface area (Å²) in [4.78, 5) is 14.5. The van der Waals surface area contributed by atoms with Crippen LogP contribution in [0, 0.1) is 0 Å². The quantitative estimate of drug-likeness (QED) is 0.834. The highest BCUT2D eigenvalue weighted by Crippen LogP contribution is 2.16. The zero-order chi connectivity index (χ0) is 14.4. The number of amides is 1. The lowest BCUT2D eigenvalue weighted by molar-refractivity contribution is 0.0910. The Bertz CT molecular complexity index is 428. The molecule has 112 valence electrons. The molecule has 0 spiro atoms. The lowest BCUT2D eigenvalue weighted by atomic mass is 10.0. The third-order valence-electron chi connectivity index (χ3n) is 3.41. The fourth-order valence-electron chi connectivity index (χ4n) is 2.40. The minimum atomic E-state index is -0.0967. The second-order valence-corrected chi connectivity index (χ2v) is 6.01. The predicted molar refractivity (Wildman–Crippen MR) is 81.3 cm³/mol. The molecule has 1 aliphatic rings. The van der Waals surface area contributed by atoms with Crippen LogP contribution in [0.3, 0.4) is 0 Å². The maximum absolute atomic E-state index is 12.1. The molecule has 0 atom stereocenters. The summed E-state index contributed by atoms with van der Waals surface area (Å²) in [7, 11) is 0. The lowest BCUT2D eigenvalue weighted by Crippen LogP contribution is -2.44. The molecule has 2 N–H and O–H groups in total. The predicted octanol–water partition coefficient (Wildman–Crippen LogP) is 1.57. The number of hydrogen-bond acceptors (Lipinski definition) is 6. The van der Waals surface area contributed by atoms with E-state index < -0.39 is 0 Å². The van der Waals surface area contributed by atoms with Crippen LogP contribution in [0.4, 0.5) is 5.13 Å². The van der Waals surface area contributed by atoms with E-state index in [0.717, 1.165) is 39.0 Å². The number of nitrogens with one attached hydrogen (secondary N) is 2. The first-order valence-corrected chi connectivity index (χ1v) is 8.15. The average Bonchev–Trinajstić information content (AvgIpc) is 2.90. The molecule has 20 heavy (non-hydrogen) atoms. The first-order valence-electron chi connectivity index (χ1n) is 7.33. The summed E-state index contributed by atoms with van der Waals surface area (Å²) in [5.74, 6) is -0.0967. The van der Waals surface area contributed by atoms with E-state index >= 15 is 0 Å². The third-order valence-corrected chi connectivity index (χ3v) is 4.29. The molecule has 0 unspecified atom stereocenters. The highest BCUT2D eigenvalue weighted by molar-refractivity contribution is 7.17. The third kappa shape index (κ3) is 4.14. The van der Waals surface area contributed by atoms with Crippen LogP contribution in [0.2, 0.25) is 0 Å². The van der Waals surface area contributed by atoms with Gasteiger partial charge in [0.15, 0.2) is 0 Å². The number of anilines is 1. The zero-order valence-corrected chi connectivity index (χ0v) is 13.0. The van der Waals surface area contributed by atoms with E-state index in [1.807, 2.05) is 6.92 Å². The second kappa shape index (κ2) is 7.54. The van der Waals surface area contributed by atoms with Crippen molar-refractivity contribution in [2.24, 2.45) is 0 Å². The van der Waals surface area contributed by atoms with Gasteiger partial charge in [-0.15, -0.1) is 10.2 Å². The van der Waals surface area contributed by atoms with Crippen LogP contribution < -0.4 is 10.6 Å². The molecule has 7 heteroatoms. The Kier molecular flexibility index (Phi) is 5.72. The van der Waals surface area contributed by atoms with Crippen LogP contribution in [-0.2, 0) is 0 Å². The highest BCUT2D eigenvalue weighted by atomic mass is 32.1. The monoisotopic (exact) mass is 297 g/mol. The summed E-state index contributed by atoms with van der Waals surface area (Å²) in [6.07, 6.45) is 3.23. The smallest absolute Gasteiger partial charge is 0.282 e. The van der Waals surface area contributed by atoms with Gasteiger partial charge in [-0.05, 0) is 32.7 Å². The van der Waals surface area contributed by atoms with Crippen LogP contribution in [0.5, 0.6) is 0 Å². The molecule has 2 rings (SSSR count). The van der Waals surface area contributed by atoms with Gasteiger partial charge in [0, 0.05) is 25.7 Å². The molecular formula is C13H23N5OS. The minimum absolute atomic E-state index is 0.0967. The van der Waals surface area contributed by atoms with E-state index in [2.05, 4.69) is 32.7 Å². The lowest BCUT2D eigenvalue weighted by Gasteiger charge is -2.31. The maximum atomic E-state index is 12.1. The van der Waals surface area contributed by atoms with Crippen molar-refractivity contribution in [1.29, 1.82) is 0 Å². The Morgan fingerprint density at radius 3 is 2.75 bits per heavy atom. The maximum Gasteiger partial charge on any atom is 0.282 e. The van der Waals surface area contributed by atoms with Gasteiger partial charge < -0.3 is 15.5 Å². The van der Waals surface area contributed by atoms with Gasteiger partial charge in [-0.25, -0.2) is 0 Å². The largest absolute Gasteiger partial charge is 0.360 e. The van der Waals surface area contributed by atoms with Gasteiger partial charge in [-0.1, -0.05) is 18.3 Å². The normalized spacial score (nSPS) is 17.1. The topological polar surface area (TPSA) is 70.2 Å². The van der Waals surface area contributed by atoms with Crippen LogP contribution in [0.15, 0.2) is 0 Å². The second-order valence-electron chi connectivity index (χ2n) is 5.03. The van der Waals surface area contributed by atoms with Gasteiger partial charge in [0.1, 0.15) is 0 Å². The number of likely N-dealkylation sites (tertiary alicyclic amines) is 1. The number of carbonyl (C=O) groups is 1. The van der Waals surface area contributed by atoms with Crippen LogP contribution in [-0.4, -0.2) is 53.2 Å². The zero-order valence-electron chi connectivity index (χ0n) is 12.2. The van der Waals surface area contributed by atoms with E-state index in [4.69, 9.17) is 0 Å². The summed E-state index contributed by atoms with van der Waals surface area (Å²) in [5, 5.41) is 15.2. The van der Waals surface area contributed by atoms with E-state index in [-0.39, 0.29) is 11.9 Å². The van der Waals surface area contributed by atoms with Crippen LogP contribution >= 0.6 is 11.3 Å². The molecule has 0 aliphatic carbocycles. The van der Waals surface area contributed by atoms with Crippen molar-refractivity contribution >= 4 is 22.4 Å². The molecule has 0 radical (unpaired) electrons. The minimum Gasteiger partial charge on any atom is -0.360 e. The van der Waals surface area contributed by atoms with Gasteiger partial charge in [0.2, 0.25) is 10.1 Å². The molecule has 0 bridgehead atoms. The van der Waals surface area contributed by atoms with Crippen LogP contribution in [0.25, 0.3) is 0 Å². The van der Waals surface area contributed by atoms with Crippen molar-refractivity contribution in [1.82, 2.24) is 20.4 Å². The highest BCUT2D eigenvalue weighted by Gasteiger charge is 2.22. The molecule has 2 heterocycles. The van der Waals surface area contributed by atoms with E-state index in [9.17, 15) is 4.79 Å². The van der Waals surface area contributed by atoms with Gasteiger partial charge in [0.05, 0.1) is 0 Å². The SMILES string of the molecule is CCCN1CCC(NC(=O)c2nnc(NCC)s2)CC1. The Morgan fingerprint density at radius 1 is 1.35 bits per heavy atom. The van der Waals surface area contributed by atoms with Crippen molar-refractivity contribution in [3.8, 4) is 0 Å². The van der Waals surface area contributed by atoms with Crippen molar-refractivity contribution in [2.75, 3.05) is 31.5 Å². The van der Waals surface area contributed by atoms with Gasteiger partial charge in [-0.3, -0.25) is 4.79 Å². The van der Waals surface area contributed by atoms with E-state index in [1.165, 1.54) is 17.8 Å².